The summed E-state index contributed by atoms with van der Waals surface area (Å²) in [4.78, 5) is 0. The van der Waals surface area contributed by atoms with Crippen LogP contribution in [0.25, 0.3) is 0 Å². The van der Waals surface area contributed by atoms with Crippen molar-refractivity contribution < 1.29 is 18.9 Å². The highest BCUT2D eigenvalue weighted by molar-refractivity contribution is 5.43. The minimum atomic E-state index is -0.253. The van der Waals surface area contributed by atoms with Crippen molar-refractivity contribution in [3.05, 3.63) is 23.8 Å². The smallest absolute Gasteiger partial charge is 0.171 e. The number of hydrogen-bond donors (Lipinski definition) is 1. The first-order valence-corrected chi connectivity index (χ1v) is 6.42. The van der Waals surface area contributed by atoms with Gasteiger partial charge in [-0.1, -0.05) is 6.07 Å². The standard InChI is InChI=1S/C14H21NO4/c1-10(14(16-2)17-3)15-9-11-4-5-12-13(8-11)19-7-6-18-12/h4-5,8,10,14-15H,6-7,9H2,1-3H3. The van der Waals surface area contributed by atoms with Gasteiger partial charge < -0.3 is 24.3 Å². The van der Waals surface area contributed by atoms with Gasteiger partial charge in [-0.05, 0) is 24.6 Å². The van der Waals surface area contributed by atoms with E-state index in [1.807, 2.05) is 25.1 Å². The molecular weight excluding hydrogens is 246 g/mol. The molecule has 0 aromatic heterocycles. The maximum Gasteiger partial charge on any atom is 0.171 e. The number of hydrogen-bond acceptors (Lipinski definition) is 5. The van der Waals surface area contributed by atoms with E-state index in [1.54, 1.807) is 14.2 Å². The molecule has 0 spiro atoms. The molecule has 1 aliphatic rings. The Balaban J connectivity index is 1.92. The lowest BCUT2D eigenvalue weighted by molar-refractivity contribution is -0.119. The molecule has 0 fully saturated rings. The summed E-state index contributed by atoms with van der Waals surface area (Å²) in [5.41, 5.74) is 1.14. The Hall–Kier alpha value is -1.30. The van der Waals surface area contributed by atoms with Crippen LogP contribution in [0.1, 0.15) is 12.5 Å². The number of nitrogens with one attached hydrogen (secondary N) is 1. The molecule has 1 heterocycles. The summed E-state index contributed by atoms with van der Waals surface area (Å²) in [5, 5.41) is 3.36. The Morgan fingerprint density at radius 3 is 2.53 bits per heavy atom. The molecule has 1 aliphatic heterocycles. The van der Waals surface area contributed by atoms with Gasteiger partial charge in [-0.3, -0.25) is 0 Å². The Labute approximate surface area is 113 Å². The van der Waals surface area contributed by atoms with Crippen LogP contribution in [0.15, 0.2) is 18.2 Å². The zero-order valence-electron chi connectivity index (χ0n) is 11.6. The molecule has 0 amide bonds. The number of methoxy groups -OCH3 is 2. The second-order valence-corrected chi connectivity index (χ2v) is 4.49. The van der Waals surface area contributed by atoms with E-state index in [0.717, 1.165) is 23.6 Å². The largest absolute Gasteiger partial charge is 0.486 e. The molecular formula is C14H21NO4. The van der Waals surface area contributed by atoms with Crippen molar-refractivity contribution in [2.24, 2.45) is 0 Å². The molecule has 0 radical (unpaired) electrons. The van der Waals surface area contributed by atoms with Crippen molar-refractivity contribution in [1.82, 2.24) is 5.32 Å². The first-order valence-electron chi connectivity index (χ1n) is 6.42. The lowest BCUT2D eigenvalue weighted by atomic mass is 10.2. The van der Waals surface area contributed by atoms with Gasteiger partial charge in [0.15, 0.2) is 17.8 Å². The average molecular weight is 267 g/mol. The van der Waals surface area contributed by atoms with Crippen LogP contribution in [0.5, 0.6) is 11.5 Å². The Morgan fingerprint density at radius 2 is 1.84 bits per heavy atom. The molecule has 0 saturated heterocycles. The molecule has 0 bridgehead atoms. The van der Waals surface area contributed by atoms with Gasteiger partial charge in [0, 0.05) is 20.8 Å². The highest BCUT2D eigenvalue weighted by Crippen LogP contribution is 2.30. The summed E-state index contributed by atoms with van der Waals surface area (Å²) in [6, 6.07) is 6.08. The van der Waals surface area contributed by atoms with E-state index in [2.05, 4.69) is 5.32 Å². The van der Waals surface area contributed by atoms with E-state index in [0.29, 0.717) is 13.2 Å². The molecule has 106 valence electrons. The fourth-order valence-corrected chi connectivity index (χ4v) is 2.08. The summed E-state index contributed by atoms with van der Waals surface area (Å²) in [6.45, 7) is 3.97. The second kappa shape index (κ2) is 6.75. The Morgan fingerprint density at radius 1 is 1.16 bits per heavy atom. The van der Waals surface area contributed by atoms with E-state index in [9.17, 15) is 0 Å². The predicted octanol–water partition coefficient (Wildman–Crippen LogP) is 1.55. The quantitative estimate of drug-likeness (QED) is 0.793. The molecule has 1 aromatic carbocycles. The summed E-state index contributed by atoms with van der Waals surface area (Å²) >= 11 is 0. The summed E-state index contributed by atoms with van der Waals surface area (Å²) in [5.74, 6) is 1.63. The third kappa shape index (κ3) is 3.59. The second-order valence-electron chi connectivity index (χ2n) is 4.49. The van der Waals surface area contributed by atoms with E-state index < -0.39 is 0 Å². The first-order chi connectivity index (χ1) is 9.24. The number of fused-ring (bicyclic) bond motifs is 1. The number of ether oxygens (including phenoxy) is 4. The maximum absolute atomic E-state index is 5.56. The van der Waals surface area contributed by atoms with Crippen molar-refractivity contribution in [1.29, 1.82) is 0 Å². The van der Waals surface area contributed by atoms with Crippen molar-refractivity contribution >= 4 is 0 Å². The SMILES string of the molecule is COC(OC)C(C)NCc1ccc2c(c1)OCCO2. The Bertz CT molecular complexity index is 406. The van der Waals surface area contributed by atoms with E-state index in [4.69, 9.17) is 18.9 Å². The highest BCUT2D eigenvalue weighted by atomic mass is 16.7. The van der Waals surface area contributed by atoms with Crippen LogP contribution in [0.2, 0.25) is 0 Å². The molecule has 0 saturated carbocycles. The molecule has 1 aromatic rings. The van der Waals surface area contributed by atoms with E-state index in [1.165, 1.54) is 0 Å². The fraction of sp³-hybridized carbons (Fsp3) is 0.571. The third-order valence-electron chi connectivity index (χ3n) is 3.11. The van der Waals surface area contributed by atoms with Crippen molar-refractivity contribution in [3.63, 3.8) is 0 Å². The van der Waals surface area contributed by atoms with Crippen molar-refractivity contribution in [3.8, 4) is 11.5 Å². The van der Waals surface area contributed by atoms with Gasteiger partial charge in [0.25, 0.3) is 0 Å². The van der Waals surface area contributed by atoms with Crippen molar-refractivity contribution in [2.45, 2.75) is 25.8 Å². The summed E-state index contributed by atoms with van der Waals surface area (Å²) in [6.07, 6.45) is -0.253. The highest BCUT2D eigenvalue weighted by Gasteiger charge is 2.16. The van der Waals surface area contributed by atoms with Crippen LogP contribution < -0.4 is 14.8 Å². The molecule has 19 heavy (non-hydrogen) atoms. The monoisotopic (exact) mass is 267 g/mol. The number of rotatable bonds is 6. The molecule has 1 unspecified atom stereocenters. The van der Waals surface area contributed by atoms with Crippen LogP contribution in [0.3, 0.4) is 0 Å². The molecule has 1 N–H and O–H groups in total. The van der Waals surface area contributed by atoms with Crippen LogP contribution in [-0.2, 0) is 16.0 Å². The van der Waals surface area contributed by atoms with Crippen LogP contribution in [-0.4, -0.2) is 39.8 Å². The zero-order chi connectivity index (χ0) is 13.7. The van der Waals surface area contributed by atoms with Crippen molar-refractivity contribution in [2.75, 3.05) is 27.4 Å². The van der Waals surface area contributed by atoms with Gasteiger partial charge >= 0.3 is 0 Å². The minimum absolute atomic E-state index is 0.100. The first kappa shape index (κ1) is 14.1. The molecule has 2 rings (SSSR count). The zero-order valence-corrected chi connectivity index (χ0v) is 11.6. The average Bonchev–Trinajstić information content (AvgIpc) is 2.46. The van der Waals surface area contributed by atoms with Crippen LogP contribution in [0, 0.1) is 0 Å². The molecule has 0 aliphatic carbocycles. The Kier molecular flexibility index (Phi) is 5.01. The van der Waals surface area contributed by atoms with Crippen LogP contribution >= 0.6 is 0 Å². The van der Waals surface area contributed by atoms with Gasteiger partial charge in [0.2, 0.25) is 0 Å². The van der Waals surface area contributed by atoms with Gasteiger partial charge in [-0.25, -0.2) is 0 Å². The maximum atomic E-state index is 5.56. The third-order valence-corrected chi connectivity index (χ3v) is 3.11. The predicted molar refractivity (Wildman–Crippen MR) is 71.5 cm³/mol. The lowest BCUT2D eigenvalue weighted by Crippen LogP contribution is -2.39. The normalized spacial score (nSPS) is 15.6. The fourth-order valence-electron chi connectivity index (χ4n) is 2.08. The summed E-state index contributed by atoms with van der Waals surface area (Å²) in [7, 11) is 3.27. The molecule has 1 atom stereocenters. The summed E-state index contributed by atoms with van der Waals surface area (Å²) < 4.78 is 21.5. The topological polar surface area (TPSA) is 49.0 Å². The molecule has 5 nitrogen and oxygen atoms in total. The molecule has 5 heteroatoms. The van der Waals surface area contributed by atoms with Gasteiger partial charge in [-0.2, -0.15) is 0 Å². The van der Waals surface area contributed by atoms with Gasteiger partial charge in [0.1, 0.15) is 13.2 Å². The van der Waals surface area contributed by atoms with E-state index >= 15 is 0 Å². The van der Waals surface area contributed by atoms with Gasteiger partial charge in [0.05, 0.1) is 6.04 Å². The van der Waals surface area contributed by atoms with Crippen LogP contribution in [0.4, 0.5) is 0 Å². The lowest BCUT2D eigenvalue weighted by Gasteiger charge is -2.23. The van der Waals surface area contributed by atoms with Gasteiger partial charge in [-0.15, -0.1) is 0 Å². The van der Waals surface area contributed by atoms with E-state index in [-0.39, 0.29) is 12.3 Å². The number of benzene rings is 1. The minimum Gasteiger partial charge on any atom is -0.486 e.